The van der Waals surface area contributed by atoms with Crippen LogP contribution in [0, 0.1) is 0 Å². The molecule has 0 heterocycles. The lowest BCUT2D eigenvalue weighted by atomic mass is 10.1. The van der Waals surface area contributed by atoms with Crippen LogP contribution in [0.15, 0.2) is 0 Å². The smallest absolute Gasteiger partial charge is 0.317 e. The SMILES string of the molecule is CCCCCN(C(=O)NC(CCC)CC(=O)O)C(C)C. The van der Waals surface area contributed by atoms with Crippen molar-refractivity contribution in [3.05, 3.63) is 0 Å². The summed E-state index contributed by atoms with van der Waals surface area (Å²) in [5.41, 5.74) is 0. The minimum absolute atomic E-state index is 0.0134. The maximum absolute atomic E-state index is 12.3. The zero-order valence-electron chi connectivity index (χ0n) is 13.3. The Morgan fingerprint density at radius 1 is 1.15 bits per heavy atom. The van der Waals surface area contributed by atoms with Crippen molar-refractivity contribution in [1.82, 2.24) is 10.2 Å². The Bertz CT molecular complexity index is 293. The van der Waals surface area contributed by atoms with Crippen molar-refractivity contribution < 1.29 is 14.7 Å². The van der Waals surface area contributed by atoms with Gasteiger partial charge in [-0.15, -0.1) is 0 Å². The molecule has 0 aliphatic heterocycles. The molecule has 0 rings (SSSR count). The highest BCUT2D eigenvalue weighted by molar-refractivity contribution is 5.76. The number of carbonyl (C=O) groups excluding carboxylic acids is 1. The van der Waals surface area contributed by atoms with Crippen molar-refractivity contribution in [3.8, 4) is 0 Å². The van der Waals surface area contributed by atoms with Gasteiger partial charge in [-0.3, -0.25) is 4.79 Å². The van der Waals surface area contributed by atoms with Gasteiger partial charge in [0.2, 0.25) is 0 Å². The zero-order valence-corrected chi connectivity index (χ0v) is 13.3. The van der Waals surface area contributed by atoms with Crippen LogP contribution in [-0.4, -0.2) is 40.6 Å². The Hall–Kier alpha value is -1.26. The molecule has 1 atom stereocenters. The fraction of sp³-hybridized carbons (Fsp3) is 0.867. The van der Waals surface area contributed by atoms with Crippen LogP contribution in [0.2, 0.25) is 0 Å². The summed E-state index contributed by atoms with van der Waals surface area (Å²) in [6, 6.07) is -0.299. The maximum atomic E-state index is 12.3. The first kappa shape index (κ1) is 18.7. The summed E-state index contributed by atoms with van der Waals surface area (Å²) in [7, 11) is 0. The molecule has 0 spiro atoms. The van der Waals surface area contributed by atoms with Gasteiger partial charge < -0.3 is 15.3 Å². The lowest BCUT2D eigenvalue weighted by Crippen LogP contribution is -2.48. The van der Waals surface area contributed by atoms with Gasteiger partial charge in [-0.25, -0.2) is 4.79 Å². The fourth-order valence-corrected chi connectivity index (χ4v) is 2.17. The first-order chi connectivity index (χ1) is 9.42. The van der Waals surface area contributed by atoms with E-state index in [0.29, 0.717) is 6.42 Å². The van der Waals surface area contributed by atoms with Crippen molar-refractivity contribution in [3.63, 3.8) is 0 Å². The molecule has 0 radical (unpaired) electrons. The van der Waals surface area contributed by atoms with E-state index in [1.54, 1.807) is 4.90 Å². The summed E-state index contributed by atoms with van der Waals surface area (Å²) in [5, 5.41) is 11.7. The Kier molecular flexibility index (Phi) is 9.86. The molecule has 2 amide bonds. The van der Waals surface area contributed by atoms with Crippen molar-refractivity contribution in [2.75, 3.05) is 6.54 Å². The van der Waals surface area contributed by atoms with E-state index < -0.39 is 5.97 Å². The first-order valence-corrected chi connectivity index (χ1v) is 7.71. The van der Waals surface area contributed by atoms with E-state index in [2.05, 4.69) is 12.2 Å². The topological polar surface area (TPSA) is 69.6 Å². The number of nitrogens with one attached hydrogen (secondary N) is 1. The second-order valence-electron chi connectivity index (χ2n) is 5.53. The molecule has 5 nitrogen and oxygen atoms in total. The van der Waals surface area contributed by atoms with Gasteiger partial charge in [0, 0.05) is 18.6 Å². The molecule has 0 aromatic heterocycles. The zero-order chi connectivity index (χ0) is 15.5. The van der Waals surface area contributed by atoms with Crippen molar-refractivity contribution >= 4 is 12.0 Å². The second kappa shape index (κ2) is 10.5. The van der Waals surface area contributed by atoms with Gasteiger partial charge in [0.25, 0.3) is 0 Å². The molecule has 0 fully saturated rings. The van der Waals surface area contributed by atoms with Crippen LogP contribution in [0.1, 0.15) is 66.2 Å². The molecule has 0 bridgehead atoms. The van der Waals surface area contributed by atoms with Crippen LogP contribution in [0.5, 0.6) is 0 Å². The van der Waals surface area contributed by atoms with Crippen molar-refractivity contribution in [2.24, 2.45) is 0 Å². The predicted octanol–water partition coefficient (Wildman–Crippen LogP) is 3.24. The summed E-state index contributed by atoms with van der Waals surface area (Å²) >= 11 is 0. The highest BCUT2D eigenvalue weighted by Gasteiger charge is 2.21. The molecule has 20 heavy (non-hydrogen) atoms. The van der Waals surface area contributed by atoms with E-state index >= 15 is 0 Å². The minimum Gasteiger partial charge on any atom is -0.481 e. The van der Waals surface area contributed by atoms with E-state index in [4.69, 9.17) is 5.11 Å². The monoisotopic (exact) mass is 286 g/mol. The van der Waals surface area contributed by atoms with Gasteiger partial charge in [0.15, 0.2) is 0 Å². The number of carbonyl (C=O) groups is 2. The Labute approximate surface area is 122 Å². The van der Waals surface area contributed by atoms with E-state index in [9.17, 15) is 9.59 Å². The second-order valence-corrected chi connectivity index (χ2v) is 5.53. The Balaban J connectivity index is 4.49. The average Bonchev–Trinajstić information content (AvgIpc) is 2.33. The lowest BCUT2D eigenvalue weighted by Gasteiger charge is -2.29. The summed E-state index contributed by atoms with van der Waals surface area (Å²) < 4.78 is 0. The molecule has 0 saturated carbocycles. The number of hydrogen-bond acceptors (Lipinski definition) is 2. The first-order valence-electron chi connectivity index (χ1n) is 7.71. The number of carboxylic acids is 1. The molecule has 0 aromatic rings. The number of hydrogen-bond donors (Lipinski definition) is 2. The van der Waals surface area contributed by atoms with Crippen LogP contribution in [0.3, 0.4) is 0 Å². The molecular formula is C15H30N2O3. The number of amides is 2. The molecule has 0 aromatic carbocycles. The molecule has 1 unspecified atom stereocenters. The fourth-order valence-electron chi connectivity index (χ4n) is 2.17. The number of carboxylic acid groups (broad SMARTS) is 1. The quantitative estimate of drug-likeness (QED) is 0.606. The summed E-state index contributed by atoms with van der Waals surface area (Å²) in [6.07, 6.45) is 4.74. The highest BCUT2D eigenvalue weighted by atomic mass is 16.4. The maximum Gasteiger partial charge on any atom is 0.317 e. The van der Waals surface area contributed by atoms with Gasteiger partial charge in [-0.1, -0.05) is 33.1 Å². The van der Waals surface area contributed by atoms with Crippen molar-refractivity contribution in [1.29, 1.82) is 0 Å². The third-order valence-corrected chi connectivity index (χ3v) is 3.27. The molecule has 2 N–H and O–H groups in total. The number of nitrogens with zero attached hydrogens (tertiary/aromatic N) is 1. The number of unbranched alkanes of at least 4 members (excludes halogenated alkanes) is 2. The van der Waals surface area contributed by atoms with Gasteiger partial charge >= 0.3 is 12.0 Å². The Morgan fingerprint density at radius 2 is 1.80 bits per heavy atom. The molecule has 0 saturated heterocycles. The summed E-state index contributed by atoms with van der Waals surface area (Å²) in [4.78, 5) is 24.9. The van der Waals surface area contributed by atoms with Gasteiger partial charge in [-0.2, -0.15) is 0 Å². The molecule has 5 heteroatoms. The van der Waals surface area contributed by atoms with Crippen LogP contribution < -0.4 is 5.32 Å². The summed E-state index contributed by atoms with van der Waals surface area (Å²) in [5.74, 6) is -0.870. The largest absolute Gasteiger partial charge is 0.481 e. The number of urea groups is 1. The number of aliphatic carboxylic acids is 1. The van der Waals surface area contributed by atoms with Crippen LogP contribution in [-0.2, 0) is 4.79 Å². The van der Waals surface area contributed by atoms with E-state index in [0.717, 1.165) is 32.2 Å². The lowest BCUT2D eigenvalue weighted by molar-refractivity contribution is -0.137. The summed E-state index contributed by atoms with van der Waals surface area (Å²) in [6.45, 7) is 8.81. The molecule has 0 aliphatic rings. The molecule has 0 aliphatic carbocycles. The number of rotatable bonds is 10. The van der Waals surface area contributed by atoms with Crippen LogP contribution in [0.4, 0.5) is 4.79 Å². The standard InChI is InChI=1S/C15H30N2O3/c1-5-7-8-10-17(12(3)4)15(20)16-13(9-6-2)11-14(18)19/h12-13H,5-11H2,1-4H3,(H,16,20)(H,18,19). The van der Waals surface area contributed by atoms with Gasteiger partial charge in [0.05, 0.1) is 6.42 Å². The van der Waals surface area contributed by atoms with Crippen molar-refractivity contribution in [2.45, 2.75) is 78.3 Å². The molecule has 118 valence electrons. The van der Waals surface area contributed by atoms with E-state index in [-0.39, 0.29) is 24.5 Å². The predicted molar refractivity (Wildman–Crippen MR) is 80.8 cm³/mol. The normalized spacial score (nSPS) is 12.2. The third kappa shape index (κ3) is 8.02. The van der Waals surface area contributed by atoms with Gasteiger partial charge in [0.1, 0.15) is 0 Å². The van der Waals surface area contributed by atoms with Crippen LogP contribution in [0.25, 0.3) is 0 Å². The molecular weight excluding hydrogens is 256 g/mol. The van der Waals surface area contributed by atoms with Crippen LogP contribution >= 0.6 is 0 Å². The van der Waals surface area contributed by atoms with Gasteiger partial charge in [-0.05, 0) is 26.7 Å². The highest BCUT2D eigenvalue weighted by Crippen LogP contribution is 2.07. The van der Waals surface area contributed by atoms with E-state index in [1.165, 1.54) is 0 Å². The average molecular weight is 286 g/mol. The Morgan fingerprint density at radius 3 is 2.25 bits per heavy atom. The van der Waals surface area contributed by atoms with E-state index in [1.807, 2.05) is 20.8 Å². The minimum atomic E-state index is -0.870. The third-order valence-electron chi connectivity index (χ3n) is 3.27.